The highest BCUT2D eigenvalue weighted by atomic mass is 32.2. The van der Waals surface area contributed by atoms with Gasteiger partial charge in [-0.3, -0.25) is 9.69 Å². The molecule has 1 saturated heterocycles. The summed E-state index contributed by atoms with van der Waals surface area (Å²) in [5.74, 6) is -0.729. The van der Waals surface area contributed by atoms with Crippen LogP contribution >= 0.6 is 11.3 Å². The van der Waals surface area contributed by atoms with Gasteiger partial charge in [0.05, 0.1) is 12.3 Å². The number of rotatable bonds is 7. The number of sulfonamides is 1. The Labute approximate surface area is 148 Å². The number of hydrogen-bond acceptors (Lipinski definition) is 5. The minimum atomic E-state index is -3.16. The summed E-state index contributed by atoms with van der Waals surface area (Å²) in [7, 11) is -3.16. The molecular formula is C16H26N2O4S2. The quantitative estimate of drug-likeness (QED) is 0.790. The van der Waals surface area contributed by atoms with E-state index in [1.807, 2.05) is 4.90 Å². The van der Waals surface area contributed by atoms with E-state index in [1.54, 1.807) is 18.3 Å². The van der Waals surface area contributed by atoms with E-state index in [9.17, 15) is 18.3 Å². The molecule has 0 bridgehead atoms. The van der Waals surface area contributed by atoms with Crippen molar-refractivity contribution in [2.24, 2.45) is 0 Å². The maximum atomic E-state index is 12.0. The Morgan fingerprint density at radius 2 is 2.00 bits per heavy atom. The number of aryl methyl sites for hydroxylation is 2. The van der Waals surface area contributed by atoms with Crippen molar-refractivity contribution in [1.82, 2.24) is 9.21 Å². The first-order valence-electron chi connectivity index (χ1n) is 8.22. The third-order valence-electron chi connectivity index (χ3n) is 4.55. The average Bonchev–Trinajstić information content (AvgIpc) is 2.84. The van der Waals surface area contributed by atoms with Gasteiger partial charge in [0.2, 0.25) is 10.0 Å². The SMILES string of the molecule is CCS(=O)(=O)N1CCC(N(CC(=O)O)Cc2cc(C)sc2C)CC1. The van der Waals surface area contributed by atoms with Crippen molar-refractivity contribution in [3.8, 4) is 0 Å². The smallest absolute Gasteiger partial charge is 0.317 e. The zero-order valence-electron chi connectivity index (χ0n) is 14.5. The summed E-state index contributed by atoms with van der Waals surface area (Å²) in [6.07, 6.45) is 1.35. The molecule has 24 heavy (non-hydrogen) atoms. The first-order valence-corrected chi connectivity index (χ1v) is 10.6. The van der Waals surface area contributed by atoms with E-state index >= 15 is 0 Å². The molecule has 1 aromatic heterocycles. The van der Waals surface area contributed by atoms with Crippen molar-refractivity contribution in [3.05, 3.63) is 21.4 Å². The summed E-state index contributed by atoms with van der Waals surface area (Å²) in [6.45, 7) is 7.30. The third kappa shape index (κ3) is 4.78. The predicted molar refractivity (Wildman–Crippen MR) is 95.9 cm³/mol. The van der Waals surface area contributed by atoms with Crippen LogP contribution in [0.4, 0.5) is 0 Å². The van der Waals surface area contributed by atoms with Crippen LogP contribution in [-0.4, -0.2) is 60.1 Å². The summed E-state index contributed by atoms with van der Waals surface area (Å²) in [5.41, 5.74) is 1.17. The van der Waals surface area contributed by atoms with E-state index in [0.717, 1.165) is 0 Å². The van der Waals surface area contributed by atoms with Crippen LogP contribution in [0.3, 0.4) is 0 Å². The van der Waals surface area contributed by atoms with Crippen LogP contribution < -0.4 is 0 Å². The van der Waals surface area contributed by atoms with Gasteiger partial charge in [0.15, 0.2) is 0 Å². The van der Waals surface area contributed by atoms with E-state index in [-0.39, 0.29) is 18.3 Å². The van der Waals surface area contributed by atoms with Gasteiger partial charge in [-0.25, -0.2) is 12.7 Å². The lowest BCUT2D eigenvalue weighted by atomic mass is 10.0. The third-order valence-corrected chi connectivity index (χ3v) is 7.44. The average molecular weight is 375 g/mol. The molecule has 1 aliphatic heterocycles. The fraction of sp³-hybridized carbons (Fsp3) is 0.688. The highest BCUT2D eigenvalue weighted by Crippen LogP contribution is 2.25. The molecular weight excluding hydrogens is 348 g/mol. The highest BCUT2D eigenvalue weighted by molar-refractivity contribution is 7.89. The van der Waals surface area contributed by atoms with Gasteiger partial charge in [-0.1, -0.05) is 0 Å². The molecule has 1 N–H and O–H groups in total. The second-order valence-electron chi connectivity index (χ2n) is 6.27. The van der Waals surface area contributed by atoms with Crippen molar-refractivity contribution >= 4 is 27.3 Å². The van der Waals surface area contributed by atoms with Gasteiger partial charge >= 0.3 is 5.97 Å². The Morgan fingerprint density at radius 1 is 1.38 bits per heavy atom. The van der Waals surface area contributed by atoms with Crippen molar-refractivity contribution in [3.63, 3.8) is 0 Å². The van der Waals surface area contributed by atoms with E-state index in [2.05, 4.69) is 19.9 Å². The van der Waals surface area contributed by atoms with E-state index in [4.69, 9.17) is 0 Å². The van der Waals surface area contributed by atoms with Crippen LogP contribution in [0, 0.1) is 13.8 Å². The number of hydrogen-bond donors (Lipinski definition) is 1. The van der Waals surface area contributed by atoms with Crippen molar-refractivity contribution in [2.45, 2.75) is 46.2 Å². The van der Waals surface area contributed by atoms with Gasteiger partial charge in [0.25, 0.3) is 0 Å². The molecule has 8 heteroatoms. The molecule has 0 atom stereocenters. The topological polar surface area (TPSA) is 77.9 Å². The summed E-state index contributed by atoms with van der Waals surface area (Å²) in [6, 6.07) is 2.22. The molecule has 0 radical (unpaired) electrons. The van der Waals surface area contributed by atoms with Crippen molar-refractivity contribution < 1.29 is 18.3 Å². The van der Waals surface area contributed by atoms with E-state index < -0.39 is 16.0 Å². The molecule has 1 fully saturated rings. The lowest BCUT2D eigenvalue weighted by molar-refractivity contribution is -0.139. The molecule has 0 aliphatic carbocycles. The number of thiophene rings is 1. The normalized spacial score (nSPS) is 17.5. The summed E-state index contributed by atoms with van der Waals surface area (Å²) >= 11 is 1.72. The Bertz CT molecular complexity index is 676. The van der Waals surface area contributed by atoms with Crippen LogP contribution in [0.15, 0.2) is 6.07 Å². The van der Waals surface area contributed by atoms with Crippen LogP contribution in [0.5, 0.6) is 0 Å². The molecule has 0 aromatic carbocycles. The fourth-order valence-electron chi connectivity index (χ4n) is 3.22. The van der Waals surface area contributed by atoms with Gasteiger partial charge in [-0.2, -0.15) is 0 Å². The Balaban J connectivity index is 2.07. The van der Waals surface area contributed by atoms with E-state index in [0.29, 0.717) is 32.5 Å². The Morgan fingerprint density at radius 3 is 2.46 bits per heavy atom. The Kier molecular flexibility index (Phi) is 6.41. The van der Waals surface area contributed by atoms with Gasteiger partial charge in [-0.15, -0.1) is 11.3 Å². The van der Waals surface area contributed by atoms with Crippen LogP contribution in [0.2, 0.25) is 0 Å². The maximum absolute atomic E-state index is 12.0. The fourth-order valence-corrected chi connectivity index (χ4v) is 5.29. The van der Waals surface area contributed by atoms with Crippen molar-refractivity contribution in [1.29, 1.82) is 0 Å². The number of nitrogens with zero attached hydrogens (tertiary/aromatic N) is 2. The first kappa shape index (κ1) is 19.4. The Hall–Kier alpha value is -0.960. The molecule has 0 unspecified atom stereocenters. The summed E-state index contributed by atoms with van der Waals surface area (Å²) in [5, 5.41) is 9.24. The monoisotopic (exact) mass is 374 g/mol. The molecule has 136 valence electrons. The molecule has 1 aliphatic rings. The molecule has 6 nitrogen and oxygen atoms in total. The van der Waals surface area contributed by atoms with Crippen LogP contribution in [0.1, 0.15) is 35.1 Å². The standard InChI is InChI=1S/C16H26N2O4S2/c1-4-24(21,22)18-7-5-15(6-8-18)17(11-16(19)20)10-14-9-12(2)23-13(14)3/h9,15H,4-8,10-11H2,1-3H3,(H,19,20). The van der Waals surface area contributed by atoms with Gasteiger partial charge in [0, 0.05) is 35.4 Å². The molecule has 2 heterocycles. The summed E-state index contributed by atoms with van der Waals surface area (Å²) < 4.78 is 25.5. The maximum Gasteiger partial charge on any atom is 0.317 e. The first-order chi connectivity index (χ1) is 11.2. The number of carboxylic acid groups (broad SMARTS) is 1. The number of piperidine rings is 1. The highest BCUT2D eigenvalue weighted by Gasteiger charge is 2.30. The zero-order chi connectivity index (χ0) is 17.9. The number of carboxylic acids is 1. The molecule has 2 rings (SSSR count). The minimum absolute atomic E-state index is 0.0144. The van der Waals surface area contributed by atoms with Crippen LogP contribution in [-0.2, 0) is 21.4 Å². The zero-order valence-corrected chi connectivity index (χ0v) is 16.1. The van der Waals surface area contributed by atoms with Gasteiger partial charge in [0.1, 0.15) is 0 Å². The largest absolute Gasteiger partial charge is 0.480 e. The number of aliphatic carboxylic acids is 1. The molecule has 1 aromatic rings. The predicted octanol–water partition coefficient (Wildman–Crippen LogP) is 2.07. The molecule has 0 amide bonds. The lowest BCUT2D eigenvalue weighted by Gasteiger charge is -2.37. The number of carbonyl (C=O) groups is 1. The molecule has 0 saturated carbocycles. The van der Waals surface area contributed by atoms with Gasteiger partial charge in [-0.05, 0) is 45.2 Å². The lowest BCUT2D eigenvalue weighted by Crippen LogP contribution is -2.48. The summed E-state index contributed by atoms with van der Waals surface area (Å²) in [4.78, 5) is 15.7. The van der Waals surface area contributed by atoms with Crippen molar-refractivity contribution in [2.75, 3.05) is 25.4 Å². The van der Waals surface area contributed by atoms with Crippen LogP contribution in [0.25, 0.3) is 0 Å². The second kappa shape index (κ2) is 7.95. The van der Waals surface area contributed by atoms with E-state index in [1.165, 1.54) is 19.6 Å². The molecule has 0 spiro atoms. The minimum Gasteiger partial charge on any atom is -0.480 e. The van der Waals surface area contributed by atoms with Gasteiger partial charge < -0.3 is 5.11 Å². The second-order valence-corrected chi connectivity index (χ2v) is 9.99.